The molecule has 0 unspecified atom stereocenters. The monoisotopic (exact) mass is 285 g/mol. The molecule has 21 heavy (non-hydrogen) atoms. The molecule has 1 saturated heterocycles. The molecule has 0 amide bonds. The van der Waals surface area contributed by atoms with Crippen LogP contribution in [-0.4, -0.2) is 33.6 Å². The van der Waals surface area contributed by atoms with Crippen LogP contribution in [0.4, 0.5) is 5.69 Å². The van der Waals surface area contributed by atoms with Gasteiger partial charge in [0.25, 0.3) is 0 Å². The van der Waals surface area contributed by atoms with Crippen LogP contribution < -0.4 is 11.5 Å². The number of nitrogen functional groups attached to an aromatic ring is 1. The lowest BCUT2D eigenvalue weighted by Crippen LogP contribution is -2.42. The summed E-state index contributed by atoms with van der Waals surface area (Å²) in [6.45, 7) is 4.97. The van der Waals surface area contributed by atoms with Gasteiger partial charge in [-0.05, 0) is 50.1 Å². The highest BCUT2D eigenvalue weighted by Gasteiger charge is 2.17. The molecule has 0 spiro atoms. The Hall–Kier alpha value is -1.85. The Balaban J connectivity index is 1.81. The first-order valence-electron chi connectivity index (χ1n) is 7.48. The minimum Gasteiger partial charge on any atom is -0.399 e. The van der Waals surface area contributed by atoms with Crippen molar-refractivity contribution < 1.29 is 0 Å². The molecule has 2 aromatic rings. The van der Waals surface area contributed by atoms with E-state index >= 15 is 0 Å². The molecule has 1 aromatic carbocycles. The van der Waals surface area contributed by atoms with Gasteiger partial charge in [0.05, 0.1) is 12.0 Å². The van der Waals surface area contributed by atoms with Crippen LogP contribution in [-0.2, 0) is 6.54 Å². The molecular weight excluding hydrogens is 262 g/mol. The number of hydrogen-bond acceptors (Lipinski definition) is 4. The van der Waals surface area contributed by atoms with Crippen LogP contribution in [0.5, 0.6) is 0 Å². The quantitative estimate of drug-likeness (QED) is 0.842. The average molecular weight is 285 g/mol. The topological polar surface area (TPSA) is 73.1 Å². The maximum atomic E-state index is 6.06. The molecule has 2 heterocycles. The summed E-state index contributed by atoms with van der Waals surface area (Å²) < 4.78 is 2.01. The van der Waals surface area contributed by atoms with Gasteiger partial charge in [0.2, 0.25) is 0 Å². The lowest BCUT2D eigenvalue weighted by molar-refractivity contribution is 0.201. The van der Waals surface area contributed by atoms with E-state index in [0.29, 0.717) is 6.04 Å². The molecule has 1 aromatic heterocycles. The van der Waals surface area contributed by atoms with Crippen molar-refractivity contribution in [2.75, 3.05) is 18.8 Å². The Morgan fingerprint density at radius 2 is 2.19 bits per heavy atom. The van der Waals surface area contributed by atoms with E-state index in [0.717, 1.165) is 43.1 Å². The molecular formula is C16H23N5. The standard InChI is InChI=1S/C16H23N5/c1-12-8-21(11-19-12)16-6-13(5-15(18)7-16)9-20-4-2-3-14(17)10-20/h5-8,11,14H,2-4,9-10,17-18H2,1H3/t14-/m0/s1. The number of likely N-dealkylation sites (tertiary alicyclic amines) is 1. The fourth-order valence-electron chi connectivity index (χ4n) is 3.00. The molecule has 0 bridgehead atoms. The number of imidazole rings is 1. The van der Waals surface area contributed by atoms with Crippen LogP contribution in [0.15, 0.2) is 30.7 Å². The van der Waals surface area contributed by atoms with E-state index < -0.39 is 0 Å². The molecule has 1 atom stereocenters. The number of nitrogens with two attached hydrogens (primary N) is 2. The predicted molar refractivity (Wildman–Crippen MR) is 85.2 cm³/mol. The van der Waals surface area contributed by atoms with Crippen molar-refractivity contribution in [2.45, 2.75) is 32.4 Å². The molecule has 0 aliphatic carbocycles. The molecule has 5 heteroatoms. The minimum absolute atomic E-state index is 0.301. The van der Waals surface area contributed by atoms with Gasteiger partial charge in [0.1, 0.15) is 0 Å². The van der Waals surface area contributed by atoms with Crippen molar-refractivity contribution in [1.29, 1.82) is 0 Å². The Labute approximate surface area is 125 Å². The van der Waals surface area contributed by atoms with Gasteiger partial charge >= 0.3 is 0 Å². The molecule has 4 N–H and O–H groups in total. The number of benzene rings is 1. The van der Waals surface area contributed by atoms with E-state index in [9.17, 15) is 0 Å². The Kier molecular flexibility index (Phi) is 3.94. The fraction of sp³-hybridized carbons (Fsp3) is 0.438. The highest BCUT2D eigenvalue weighted by molar-refractivity contribution is 5.51. The average Bonchev–Trinajstić information content (AvgIpc) is 2.85. The van der Waals surface area contributed by atoms with E-state index in [2.05, 4.69) is 16.0 Å². The van der Waals surface area contributed by atoms with Gasteiger partial charge in [-0.3, -0.25) is 4.90 Å². The maximum absolute atomic E-state index is 6.06. The third-order valence-corrected chi connectivity index (χ3v) is 3.96. The van der Waals surface area contributed by atoms with Crippen molar-refractivity contribution in [1.82, 2.24) is 14.5 Å². The SMILES string of the molecule is Cc1cn(-c2cc(N)cc(CN3CCC[C@H](N)C3)c2)cn1. The summed E-state index contributed by atoms with van der Waals surface area (Å²) in [7, 11) is 0. The van der Waals surface area contributed by atoms with Gasteiger partial charge in [-0.15, -0.1) is 0 Å². The highest BCUT2D eigenvalue weighted by atomic mass is 15.1. The molecule has 5 nitrogen and oxygen atoms in total. The second-order valence-electron chi connectivity index (χ2n) is 5.99. The van der Waals surface area contributed by atoms with E-state index in [1.54, 1.807) is 0 Å². The summed E-state index contributed by atoms with van der Waals surface area (Å²) in [6, 6.07) is 6.51. The van der Waals surface area contributed by atoms with Crippen LogP contribution in [0, 0.1) is 6.92 Å². The van der Waals surface area contributed by atoms with Crippen LogP contribution in [0.25, 0.3) is 5.69 Å². The van der Waals surface area contributed by atoms with Gasteiger partial charge in [-0.2, -0.15) is 0 Å². The zero-order valence-corrected chi connectivity index (χ0v) is 12.5. The van der Waals surface area contributed by atoms with E-state index in [-0.39, 0.29) is 0 Å². The molecule has 1 aliphatic heterocycles. The van der Waals surface area contributed by atoms with Crippen LogP contribution >= 0.6 is 0 Å². The van der Waals surface area contributed by atoms with Gasteiger partial charge in [0, 0.05) is 36.7 Å². The first kappa shape index (κ1) is 14.1. The maximum Gasteiger partial charge on any atom is 0.0995 e. The zero-order chi connectivity index (χ0) is 14.8. The predicted octanol–water partition coefficient (Wildman–Crippen LogP) is 1.69. The highest BCUT2D eigenvalue weighted by Crippen LogP contribution is 2.19. The molecule has 0 radical (unpaired) electrons. The van der Waals surface area contributed by atoms with Crippen molar-refractivity contribution in [3.8, 4) is 5.69 Å². The van der Waals surface area contributed by atoms with Gasteiger partial charge in [0.15, 0.2) is 0 Å². The number of aromatic nitrogens is 2. The number of rotatable bonds is 3. The van der Waals surface area contributed by atoms with Gasteiger partial charge in [-0.25, -0.2) is 4.98 Å². The van der Waals surface area contributed by atoms with Gasteiger partial charge in [-0.1, -0.05) is 0 Å². The second kappa shape index (κ2) is 5.87. The van der Waals surface area contributed by atoms with Crippen molar-refractivity contribution >= 4 is 5.69 Å². The number of nitrogens with zero attached hydrogens (tertiary/aromatic N) is 3. The molecule has 1 fully saturated rings. The third-order valence-electron chi connectivity index (χ3n) is 3.96. The first-order valence-corrected chi connectivity index (χ1v) is 7.48. The van der Waals surface area contributed by atoms with Crippen molar-refractivity contribution in [2.24, 2.45) is 5.73 Å². The van der Waals surface area contributed by atoms with Crippen LogP contribution in [0.1, 0.15) is 24.1 Å². The smallest absolute Gasteiger partial charge is 0.0995 e. The van der Waals surface area contributed by atoms with E-state index in [1.165, 1.54) is 12.0 Å². The molecule has 1 aliphatic rings. The molecule has 0 saturated carbocycles. The lowest BCUT2D eigenvalue weighted by Gasteiger charge is -2.30. The van der Waals surface area contributed by atoms with E-state index in [4.69, 9.17) is 11.5 Å². The molecule has 3 rings (SSSR count). The van der Waals surface area contributed by atoms with Crippen LogP contribution in [0.2, 0.25) is 0 Å². The zero-order valence-electron chi connectivity index (χ0n) is 12.5. The number of aryl methyl sites for hydroxylation is 1. The Morgan fingerprint density at radius 3 is 2.90 bits per heavy atom. The van der Waals surface area contributed by atoms with Crippen molar-refractivity contribution in [3.63, 3.8) is 0 Å². The van der Waals surface area contributed by atoms with Crippen LogP contribution in [0.3, 0.4) is 0 Å². The number of anilines is 1. The second-order valence-corrected chi connectivity index (χ2v) is 5.99. The third kappa shape index (κ3) is 3.43. The summed E-state index contributed by atoms with van der Waals surface area (Å²) in [5.74, 6) is 0. The lowest BCUT2D eigenvalue weighted by atomic mass is 10.1. The Bertz CT molecular complexity index is 619. The van der Waals surface area contributed by atoms with Crippen molar-refractivity contribution in [3.05, 3.63) is 42.0 Å². The summed E-state index contributed by atoms with van der Waals surface area (Å²) in [5, 5.41) is 0. The summed E-state index contributed by atoms with van der Waals surface area (Å²) in [6.07, 6.45) is 6.14. The number of hydrogen-bond donors (Lipinski definition) is 2. The summed E-state index contributed by atoms with van der Waals surface area (Å²) >= 11 is 0. The number of piperidine rings is 1. The normalized spacial score (nSPS) is 19.8. The van der Waals surface area contributed by atoms with E-state index in [1.807, 2.05) is 36.1 Å². The summed E-state index contributed by atoms with van der Waals surface area (Å²) in [4.78, 5) is 6.68. The molecule has 112 valence electrons. The Morgan fingerprint density at radius 1 is 1.33 bits per heavy atom. The largest absolute Gasteiger partial charge is 0.399 e. The fourth-order valence-corrected chi connectivity index (χ4v) is 3.00. The van der Waals surface area contributed by atoms with Gasteiger partial charge < -0.3 is 16.0 Å². The summed E-state index contributed by atoms with van der Waals surface area (Å²) in [5.41, 5.74) is 16.2. The first-order chi connectivity index (χ1) is 10.1. The minimum atomic E-state index is 0.301.